The molecule has 9 heteroatoms. The van der Waals surface area contributed by atoms with Crippen LogP contribution in [0.5, 0.6) is 0 Å². The highest BCUT2D eigenvalue weighted by molar-refractivity contribution is 14.0. The maximum Gasteiger partial charge on any atom is 0.223 e. The number of hydrogen-bond donors (Lipinski definition) is 3. The SMILES string of the molecule is CCNC(=NCc1nncn1-c1ccccc1)NCCNC(=O)C1CC1.I. The number of aliphatic imine (C=N–C) groups is 1. The summed E-state index contributed by atoms with van der Waals surface area (Å²) in [5.74, 6) is 1.84. The third-order valence-corrected chi connectivity index (χ3v) is 4.04. The molecule has 8 nitrogen and oxygen atoms in total. The second-order valence-electron chi connectivity index (χ2n) is 6.14. The Balaban J connectivity index is 0.00000261. The Hall–Kier alpha value is -2.17. The van der Waals surface area contributed by atoms with Crippen molar-refractivity contribution in [1.82, 2.24) is 30.7 Å². The van der Waals surface area contributed by atoms with Crippen LogP contribution in [0.4, 0.5) is 0 Å². The molecule has 3 rings (SSSR count). The molecule has 2 aromatic rings. The van der Waals surface area contributed by atoms with Crippen LogP contribution in [0.15, 0.2) is 41.7 Å². The summed E-state index contributed by atoms with van der Waals surface area (Å²) in [4.78, 5) is 16.2. The van der Waals surface area contributed by atoms with E-state index in [0.717, 1.165) is 30.9 Å². The number of nitrogens with zero attached hydrogens (tertiary/aromatic N) is 4. The predicted molar refractivity (Wildman–Crippen MR) is 115 cm³/mol. The first-order valence-electron chi connectivity index (χ1n) is 9.02. The number of guanidine groups is 1. The Labute approximate surface area is 176 Å². The van der Waals surface area contributed by atoms with Crippen molar-refractivity contribution in [1.29, 1.82) is 0 Å². The number of aromatic nitrogens is 3. The first-order valence-corrected chi connectivity index (χ1v) is 9.02. The van der Waals surface area contributed by atoms with Gasteiger partial charge in [0.05, 0.1) is 0 Å². The summed E-state index contributed by atoms with van der Waals surface area (Å²) in [5.41, 5.74) is 1.00. The van der Waals surface area contributed by atoms with Crippen LogP contribution in [0.3, 0.4) is 0 Å². The first-order chi connectivity index (χ1) is 12.8. The molecule has 1 aromatic heterocycles. The van der Waals surface area contributed by atoms with Crippen molar-refractivity contribution in [3.05, 3.63) is 42.5 Å². The molecule has 0 radical (unpaired) electrons. The fourth-order valence-corrected chi connectivity index (χ4v) is 2.52. The van der Waals surface area contributed by atoms with Gasteiger partial charge in [-0.2, -0.15) is 0 Å². The molecule has 0 spiro atoms. The van der Waals surface area contributed by atoms with Gasteiger partial charge < -0.3 is 16.0 Å². The lowest BCUT2D eigenvalue weighted by atomic mass is 10.3. The van der Waals surface area contributed by atoms with E-state index in [2.05, 4.69) is 31.1 Å². The highest BCUT2D eigenvalue weighted by Gasteiger charge is 2.28. The van der Waals surface area contributed by atoms with Gasteiger partial charge in [-0.3, -0.25) is 9.36 Å². The second-order valence-corrected chi connectivity index (χ2v) is 6.14. The Morgan fingerprint density at radius 3 is 2.63 bits per heavy atom. The third-order valence-electron chi connectivity index (χ3n) is 4.04. The molecule has 146 valence electrons. The van der Waals surface area contributed by atoms with Crippen molar-refractivity contribution < 1.29 is 4.79 Å². The molecular formula is C18H26IN7O. The largest absolute Gasteiger partial charge is 0.357 e. The highest BCUT2D eigenvalue weighted by Crippen LogP contribution is 2.28. The molecule has 1 fully saturated rings. The van der Waals surface area contributed by atoms with E-state index in [9.17, 15) is 4.79 Å². The molecule has 1 aliphatic carbocycles. The van der Waals surface area contributed by atoms with E-state index in [-0.39, 0.29) is 35.8 Å². The van der Waals surface area contributed by atoms with Gasteiger partial charge >= 0.3 is 0 Å². The summed E-state index contributed by atoms with van der Waals surface area (Å²) in [6.45, 7) is 4.37. The molecule has 3 N–H and O–H groups in total. The lowest BCUT2D eigenvalue weighted by molar-refractivity contribution is -0.122. The molecule has 27 heavy (non-hydrogen) atoms. The van der Waals surface area contributed by atoms with Gasteiger partial charge in [0, 0.05) is 31.2 Å². The van der Waals surface area contributed by atoms with Crippen LogP contribution in [-0.4, -0.2) is 46.3 Å². The zero-order valence-corrected chi connectivity index (χ0v) is 17.7. The van der Waals surface area contributed by atoms with Gasteiger partial charge in [-0.15, -0.1) is 34.2 Å². The van der Waals surface area contributed by atoms with E-state index in [1.54, 1.807) is 6.33 Å². The van der Waals surface area contributed by atoms with Crippen molar-refractivity contribution in [2.45, 2.75) is 26.3 Å². The summed E-state index contributed by atoms with van der Waals surface area (Å²) >= 11 is 0. The smallest absolute Gasteiger partial charge is 0.223 e. The predicted octanol–water partition coefficient (Wildman–Crippen LogP) is 1.47. The third kappa shape index (κ3) is 6.49. The number of halogens is 1. The highest BCUT2D eigenvalue weighted by atomic mass is 127. The van der Waals surface area contributed by atoms with Gasteiger partial charge in [0.2, 0.25) is 5.91 Å². The van der Waals surface area contributed by atoms with E-state index in [0.29, 0.717) is 25.6 Å². The fourth-order valence-electron chi connectivity index (χ4n) is 2.52. The van der Waals surface area contributed by atoms with Crippen LogP contribution >= 0.6 is 24.0 Å². The monoisotopic (exact) mass is 483 g/mol. The molecule has 1 aliphatic rings. The van der Waals surface area contributed by atoms with Crippen molar-refractivity contribution in [3.63, 3.8) is 0 Å². The van der Waals surface area contributed by atoms with E-state index >= 15 is 0 Å². The van der Waals surface area contributed by atoms with Crippen molar-refractivity contribution in [2.75, 3.05) is 19.6 Å². The van der Waals surface area contributed by atoms with Crippen molar-refractivity contribution in [3.8, 4) is 5.69 Å². The quantitative estimate of drug-likeness (QED) is 0.229. The fraction of sp³-hybridized carbons (Fsp3) is 0.444. The number of rotatable bonds is 8. The molecule has 0 aliphatic heterocycles. The minimum absolute atomic E-state index is 0. The molecule has 1 amide bonds. The van der Waals surface area contributed by atoms with Gasteiger partial charge in [0.15, 0.2) is 11.8 Å². The van der Waals surface area contributed by atoms with E-state index in [1.807, 2.05) is 41.8 Å². The summed E-state index contributed by atoms with van der Waals surface area (Å²) in [5, 5.41) is 17.5. The Morgan fingerprint density at radius 2 is 1.93 bits per heavy atom. The minimum atomic E-state index is 0. The lowest BCUT2D eigenvalue weighted by Gasteiger charge is -2.12. The van der Waals surface area contributed by atoms with Crippen LogP contribution in [0, 0.1) is 5.92 Å². The summed E-state index contributed by atoms with van der Waals surface area (Å²) in [6, 6.07) is 9.93. The number of amides is 1. The molecule has 1 saturated carbocycles. The summed E-state index contributed by atoms with van der Waals surface area (Å²) in [6.07, 6.45) is 3.73. The number of nitrogens with one attached hydrogen (secondary N) is 3. The number of benzene rings is 1. The minimum Gasteiger partial charge on any atom is -0.357 e. The van der Waals surface area contributed by atoms with Crippen LogP contribution in [-0.2, 0) is 11.3 Å². The Kier molecular flexibility index (Phi) is 8.49. The van der Waals surface area contributed by atoms with Gasteiger partial charge in [-0.25, -0.2) is 4.99 Å². The number of carbonyl (C=O) groups excluding carboxylic acids is 1. The molecule has 1 heterocycles. The summed E-state index contributed by atoms with van der Waals surface area (Å²) < 4.78 is 1.92. The van der Waals surface area contributed by atoms with Crippen LogP contribution in [0.1, 0.15) is 25.6 Å². The molecular weight excluding hydrogens is 457 g/mol. The van der Waals surface area contributed by atoms with E-state index in [1.165, 1.54) is 0 Å². The average molecular weight is 483 g/mol. The summed E-state index contributed by atoms with van der Waals surface area (Å²) in [7, 11) is 0. The average Bonchev–Trinajstić information content (AvgIpc) is 3.42. The van der Waals surface area contributed by atoms with Crippen LogP contribution < -0.4 is 16.0 Å². The van der Waals surface area contributed by atoms with Crippen LogP contribution in [0.2, 0.25) is 0 Å². The van der Waals surface area contributed by atoms with Gasteiger partial charge in [-0.1, -0.05) is 18.2 Å². The Morgan fingerprint density at radius 1 is 1.19 bits per heavy atom. The number of hydrogen-bond acceptors (Lipinski definition) is 4. The zero-order valence-electron chi connectivity index (χ0n) is 15.4. The van der Waals surface area contributed by atoms with Crippen LogP contribution in [0.25, 0.3) is 5.69 Å². The topological polar surface area (TPSA) is 96.2 Å². The van der Waals surface area contributed by atoms with E-state index in [4.69, 9.17) is 0 Å². The Bertz CT molecular complexity index is 743. The van der Waals surface area contributed by atoms with Gasteiger partial charge in [0.1, 0.15) is 12.9 Å². The normalized spacial score (nSPS) is 13.6. The zero-order chi connectivity index (χ0) is 18.2. The first kappa shape index (κ1) is 21.1. The molecule has 0 atom stereocenters. The maximum atomic E-state index is 11.6. The second kappa shape index (κ2) is 10.9. The standard InChI is InChI=1S/C18H25N7O.HI/c1-2-19-18(21-11-10-20-17(26)14-8-9-14)22-12-16-24-23-13-25(16)15-6-4-3-5-7-15;/h3-7,13-14H,2,8-12H2,1H3,(H,20,26)(H2,19,21,22);1H. The van der Waals surface area contributed by atoms with E-state index < -0.39 is 0 Å². The molecule has 0 unspecified atom stereocenters. The number of para-hydroxylation sites is 1. The molecule has 0 saturated heterocycles. The van der Waals surface area contributed by atoms with Crippen molar-refractivity contribution >= 4 is 35.8 Å². The molecule has 0 bridgehead atoms. The van der Waals surface area contributed by atoms with Crippen molar-refractivity contribution in [2.24, 2.45) is 10.9 Å². The maximum absolute atomic E-state index is 11.6. The van der Waals surface area contributed by atoms with Gasteiger partial charge in [0.25, 0.3) is 0 Å². The van der Waals surface area contributed by atoms with Gasteiger partial charge in [-0.05, 0) is 31.9 Å². The lowest BCUT2D eigenvalue weighted by Crippen LogP contribution is -2.41. The number of carbonyl (C=O) groups is 1. The molecule has 1 aromatic carbocycles.